The van der Waals surface area contributed by atoms with Gasteiger partial charge >= 0.3 is 0 Å². The SMILES string of the molecule is CC(=O)c1c[nH]c(C(=O)N2CCC[C@@H]2CO)c1. The number of likely N-dealkylation sites (tertiary alicyclic amines) is 1. The summed E-state index contributed by atoms with van der Waals surface area (Å²) < 4.78 is 0. The van der Waals surface area contributed by atoms with E-state index in [1.54, 1.807) is 17.2 Å². The Bertz CT molecular complexity index is 439. The second-order valence-electron chi connectivity index (χ2n) is 4.34. The molecule has 1 aliphatic rings. The normalized spacial score (nSPS) is 19.6. The van der Waals surface area contributed by atoms with E-state index in [2.05, 4.69) is 4.98 Å². The molecular formula is C12H16N2O3. The average molecular weight is 236 g/mol. The summed E-state index contributed by atoms with van der Waals surface area (Å²) >= 11 is 0. The van der Waals surface area contributed by atoms with Gasteiger partial charge in [-0.15, -0.1) is 0 Å². The minimum atomic E-state index is -0.144. The van der Waals surface area contributed by atoms with Crippen molar-refractivity contribution in [1.82, 2.24) is 9.88 Å². The van der Waals surface area contributed by atoms with E-state index in [9.17, 15) is 9.59 Å². The molecule has 5 heteroatoms. The average Bonchev–Trinajstić information content (AvgIpc) is 2.96. The summed E-state index contributed by atoms with van der Waals surface area (Å²) in [5.74, 6) is -0.213. The second kappa shape index (κ2) is 4.71. The Morgan fingerprint density at radius 1 is 1.59 bits per heavy atom. The summed E-state index contributed by atoms with van der Waals surface area (Å²) in [4.78, 5) is 27.7. The van der Waals surface area contributed by atoms with Gasteiger partial charge in [-0.2, -0.15) is 0 Å². The van der Waals surface area contributed by atoms with Crippen molar-refractivity contribution < 1.29 is 14.7 Å². The van der Waals surface area contributed by atoms with Gasteiger partial charge in [-0.3, -0.25) is 9.59 Å². The highest BCUT2D eigenvalue weighted by molar-refractivity contribution is 5.99. The van der Waals surface area contributed by atoms with Crippen LogP contribution in [-0.2, 0) is 0 Å². The largest absolute Gasteiger partial charge is 0.394 e. The van der Waals surface area contributed by atoms with Crippen LogP contribution in [-0.4, -0.2) is 45.9 Å². The number of nitrogens with one attached hydrogen (secondary N) is 1. The van der Waals surface area contributed by atoms with Crippen LogP contribution in [0.4, 0.5) is 0 Å². The van der Waals surface area contributed by atoms with Crippen molar-refractivity contribution in [1.29, 1.82) is 0 Å². The van der Waals surface area contributed by atoms with Crippen LogP contribution in [0, 0.1) is 0 Å². The van der Waals surface area contributed by atoms with Gasteiger partial charge < -0.3 is 15.0 Å². The van der Waals surface area contributed by atoms with Crippen molar-refractivity contribution in [2.24, 2.45) is 0 Å². The zero-order valence-corrected chi connectivity index (χ0v) is 9.77. The first kappa shape index (κ1) is 11.9. The van der Waals surface area contributed by atoms with Crippen LogP contribution in [0.3, 0.4) is 0 Å². The van der Waals surface area contributed by atoms with Crippen molar-refractivity contribution in [3.63, 3.8) is 0 Å². The number of aliphatic hydroxyl groups is 1. The van der Waals surface area contributed by atoms with Crippen LogP contribution in [0.2, 0.25) is 0 Å². The predicted molar refractivity (Wildman–Crippen MR) is 61.9 cm³/mol. The maximum atomic E-state index is 12.1. The summed E-state index contributed by atoms with van der Waals surface area (Å²) in [6, 6.07) is 1.48. The molecule has 1 aromatic rings. The number of Topliss-reactive ketones (excluding diaryl/α,β-unsaturated/α-hetero) is 1. The molecule has 1 amide bonds. The van der Waals surface area contributed by atoms with Crippen molar-refractivity contribution >= 4 is 11.7 Å². The highest BCUT2D eigenvalue weighted by atomic mass is 16.3. The van der Waals surface area contributed by atoms with Crippen molar-refractivity contribution in [3.05, 3.63) is 23.5 Å². The lowest BCUT2D eigenvalue weighted by Gasteiger charge is -2.22. The molecule has 2 heterocycles. The Morgan fingerprint density at radius 2 is 2.35 bits per heavy atom. The van der Waals surface area contributed by atoms with Gasteiger partial charge in [-0.1, -0.05) is 0 Å². The highest BCUT2D eigenvalue weighted by Crippen LogP contribution is 2.19. The number of aromatic amines is 1. The van der Waals surface area contributed by atoms with Gasteiger partial charge in [-0.25, -0.2) is 0 Å². The molecule has 0 radical (unpaired) electrons. The topological polar surface area (TPSA) is 73.4 Å². The Balaban J connectivity index is 2.16. The van der Waals surface area contributed by atoms with Gasteiger partial charge in [0.05, 0.1) is 12.6 Å². The van der Waals surface area contributed by atoms with Gasteiger partial charge in [0.1, 0.15) is 5.69 Å². The molecule has 5 nitrogen and oxygen atoms in total. The number of hydrogen-bond donors (Lipinski definition) is 2. The van der Waals surface area contributed by atoms with Crippen LogP contribution < -0.4 is 0 Å². The van der Waals surface area contributed by atoms with Crippen molar-refractivity contribution in [2.45, 2.75) is 25.8 Å². The standard InChI is InChI=1S/C12H16N2O3/c1-8(16)9-5-11(13-6-9)12(17)14-4-2-3-10(14)7-15/h5-6,10,13,15H,2-4,7H2,1H3/t10-/m1/s1. The van der Waals surface area contributed by atoms with Gasteiger partial charge in [0.2, 0.25) is 0 Å². The molecule has 0 aromatic carbocycles. The minimum absolute atomic E-state index is 0.00792. The fourth-order valence-corrected chi connectivity index (χ4v) is 2.17. The van der Waals surface area contributed by atoms with E-state index in [0.29, 0.717) is 17.8 Å². The lowest BCUT2D eigenvalue weighted by molar-refractivity contribution is 0.0672. The van der Waals surface area contributed by atoms with Gasteiger partial charge in [0, 0.05) is 18.3 Å². The number of nitrogens with zero attached hydrogens (tertiary/aromatic N) is 1. The number of carbonyl (C=O) groups excluding carboxylic acids is 2. The molecule has 1 saturated heterocycles. The van der Waals surface area contributed by atoms with Crippen LogP contribution in [0.25, 0.3) is 0 Å². The molecule has 17 heavy (non-hydrogen) atoms. The van der Waals surface area contributed by atoms with E-state index in [0.717, 1.165) is 12.8 Å². The van der Waals surface area contributed by atoms with E-state index < -0.39 is 0 Å². The van der Waals surface area contributed by atoms with E-state index in [4.69, 9.17) is 5.11 Å². The molecule has 2 rings (SSSR count). The molecule has 0 spiro atoms. The third-order valence-corrected chi connectivity index (χ3v) is 3.17. The summed E-state index contributed by atoms with van der Waals surface area (Å²) in [6.07, 6.45) is 3.29. The van der Waals surface area contributed by atoms with E-state index in [-0.39, 0.29) is 24.3 Å². The van der Waals surface area contributed by atoms with E-state index in [1.807, 2.05) is 0 Å². The first-order valence-corrected chi connectivity index (χ1v) is 5.74. The Labute approximate surface area is 99.4 Å². The third-order valence-electron chi connectivity index (χ3n) is 3.17. The number of aromatic nitrogens is 1. The zero-order valence-electron chi connectivity index (χ0n) is 9.77. The van der Waals surface area contributed by atoms with Gasteiger partial charge in [0.25, 0.3) is 5.91 Å². The number of amides is 1. The number of carbonyl (C=O) groups is 2. The smallest absolute Gasteiger partial charge is 0.270 e. The Hall–Kier alpha value is -1.62. The van der Waals surface area contributed by atoms with Crippen LogP contribution >= 0.6 is 0 Å². The number of ketones is 1. The van der Waals surface area contributed by atoms with Crippen molar-refractivity contribution in [3.8, 4) is 0 Å². The number of aliphatic hydroxyl groups excluding tert-OH is 1. The molecule has 1 atom stereocenters. The lowest BCUT2D eigenvalue weighted by Crippen LogP contribution is -2.37. The molecule has 1 fully saturated rings. The van der Waals surface area contributed by atoms with Crippen LogP contribution in [0.5, 0.6) is 0 Å². The molecule has 0 aliphatic carbocycles. The zero-order chi connectivity index (χ0) is 12.4. The summed E-state index contributed by atoms with van der Waals surface area (Å²) in [7, 11) is 0. The summed E-state index contributed by atoms with van der Waals surface area (Å²) in [5.41, 5.74) is 0.920. The Morgan fingerprint density at radius 3 is 2.94 bits per heavy atom. The first-order chi connectivity index (χ1) is 8.13. The maximum absolute atomic E-state index is 12.1. The summed E-state index contributed by atoms with van der Waals surface area (Å²) in [5, 5.41) is 9.17. The maximum Gasteiger partial charge on any atom is 0.270 e. The number of rotatable bonds is 3. The first-order valence-electron chi connectivity index (χ1n) is 5.74. The van der Waals surface area contributed by atoms with Gasteiger partial charge in [0.15, 0.2) is 5.78 Å². The molecule has 1 aliphatic heterocycles. The van der Waals surface area contributed by atoms with Crippen LogP contribution in [0.15, 0.2) is 12.3 Å². The number of H-pyrrole nitrogens is 1. The van der Waals surface area contributed by atoms with Crippen LogP contribution in [0.1, 0.15) is 40.6 Å². The molecule has 0 bridgehead atoms. The molecule has 1 aromatic heterocycles. The monoisotopic (exact) mass is 236 g/mol. The molecule has 2 N–H and O–H groups in total. The van der Waals surface area contributed by atoms with E-state index in [1.165, 1.54) is 6.92 Å². The second-order valence-corrected chi connectivity index (χ2v) is 4.34. The molecule has 0 unspecified atom stereocenters. The predicted octanol–water partition coefficient (Wildman–Crippen LogP) is 0.814. The molecular weight excluding hydrogens is 220 g/mol. The number of hydrogen-bond acceptors (Lipinski definition) is 3. The Kier molecular flexibility index (Phi) is 3.28. The highest BCUT2D eigenvalue weighted by Gasteiger charge is 2.29. The summed E-state index contributed by atoms with van der Waals surface area (Å²) in [6.45, 7) is 2.12. The third kappa shape index (κ3) is 2.24. The quantitative estimate of drug-likeness (QED) is 0.763. The molecule has 0 saturated carbocycles. The van der Waals surface area contributed by atoms with Gasteiger partial charge in [-0.05, 0) is 25.8 Å². The lowest BCUT2D eigenvalue weighted by atomic mass is 10.2. The van der Waals surface area contributed by atoms with E-state index >= 15 is 0 Å². The fourth-order valence-electron chi connectivity index (χ4n) is 2.17. The minimum Gasteiger partial charge on any atom is -0.394 e. The molecule has 92 valence electrons. The van der Waals surface area contributed by atoms with Crippen molar-refractivity contribution in [2.75, 3.05) is 13.2 Å². The fraction of sp³-hybridized carbons (Fsp3) is 0.500.